The molecule has 8 fully saturated rings. The minimum absolute atomic E-state index is 0.00898. The molecule has 8 aliphatic rings. The van der Waals surface area contributed by atoms with E-state index in [2.05, 4.69) is 39.9 Å². The van der Waals surface area contributed by atoms with Crippen molar-refractivity contribution in [3.8, 4) is 0 Å². The summed E-state index contributed by atoms with van der Waals surface area (Å²) in [4.78, 5) is 41.2. The molecular formula is C38H61N3O7. The molecule has 11 atom stereocenters. The first-order valence-corrected chi connectivity index (χ1v) is 19.2. The van der Waals surface area contributed by atoms with Crippen molar-refractivity contribution in [3.05, 3.63) is 0 Å². The first-order chi connectivity index (χ1) is 22.9. The summed E-state index contributed by atoms with van der Waals surface area (Å²) in [5, 5.41) is 9.80. The average molecular weight is 672 g/mol. The van der Waals surface area contributed by atoms with E-state index in [1.807, 2.05) is 4.90 Å². The van der Waals surface area contributed by atoms with Gasteiger partial charge in [-0.25, -0.2) is 9.59 Å². The molecule has 3 amide bonds. The van der Waals surface area contributed by atoms with Gasteiger partial charge in [-0.2, -0.15) is 0 Å². The lowest BCUT2D eigenvalue weighted by Gasteiger charge is -2.59. The quantitative estimate of drug-likeness (QED) is 0.399. The fourth-order valence-corrected chi connectivity index (χ4v) is 13.0. The second-order valence-corrected chi connectivity index (χ2v) is 17.9. The van der Waals surface area contributed by atoms with Crippen molar-refractivity contribution in [3.63, 3.8) is 0 Å². The number of likely N-dealkylation sites (tertiary alicyclic amines) is 1. The molecule has 5 aliphatic carbocycles. The standard InChI is InChI=1S/C37H57N3O6.CH4O/c1-22(2)31(46-32(42)39-16-6-17-39)26-9-7-24-27(44-26)19-25-23-8-10-28-34(3,4)29(45-33(43)40-18-15-38-30(41)20-40)11-12-37(28)21-36(23,37)14-13-35(24,25)5;1-2/h22-29,31H,6-21H2,1-5H3,(H,38,41);2H,1H3/t23?,24?,25?,26?,27?,28?,29-,31+,35?,36?,37?;/m0./s1. The summed E-state index contributed by atoms with van der Waals surface area (Å²) in [6.45, 7) is 14.4. The summed E-state index contributed by atoms with van der Waals surface area (Å²) >= 11 is 0. The molecule has 3 heterocycles. The van der Waals surface area contributed by atoms with Crippen LogP contribution in [0.4, 0.5) is 9.59 Å². The van der Waals surface area contributed by atoms with Gasteiger partial charge in [0.2, 0.25) is 5.91 Å². The molecule has 10 heteroatoms. The van der Waals surface area contributed by atoms with Crippen LogP contribution in [0.5, 0.6) is 0 Å². The van der Waals surface area contributed by atoms with E-state index >= 15 is 0 Å². The molecule has 3 saturated heterocycles. The Morgan fingerprint density at radius 1 is 0.896 bits per heavy atom. The molecule has 2 spiro atoms. The van der Waals surface area contributed by atoms with Crippen LogP contribution >= 0.6 is 0 Å². The van der Waals surface area contributed by atoms with Crippen LogP contribution in [0.3, 0.4) is 0 Å². The number of hydrogen-bond acceptors (Lipinski definition) is 7. The molecule has 3 aliphatic heterocycles. The van der Waals surface area contributed by atoms with Crippen LogP contribution in [0.15, 0.2) is 0 Å². The number of piperazine rings is 1. The van der Waals surface area contributed by atoms with Crippen molar-refractivity contribution in [2.24, 2.45) is 51.2 Å². The summed E-state index contributed by atoms with van der Waals surface area (Å²) in [6, 6.07) is 0. The molecule has 0 aromatic heterocycles. The molecule has 0 aromatic rings. The Morgan fingerprint density at radius 3 is 2.33 bits per heavy atom. The lowest BCUT2D eigenvalue weighted by molar-refractivity contribution is -0.151. The monoisotopic (exact) mass is 671 g/mol. The van der Waals surface area contributed by atoms with Crippen LogP contribution in [0.25, 0.3) is 0 Å². The van der Waals surface area contributed by atoms with E-state index < -0.39 is 0 Å². The lowest BCUT2D eigenvalue weighted by atomic mass is 9.46. The molecule has 0 bridgehead atoms. The zero-order chi connectivity index (χ0) is 34.2. The summed E-state index contributed by atoms with van der Waals surface area (Å²) in [5.74, 6) is 2.73. The Hall–Kier alpha value is -2.07. The number of carbonyl (C=O) groups is 3. The molecule has 48 heavy (non-hydrogen) atoms. The van der Waals surface area contributed by atoms with Gasteiger partial charge in [0.1, 0.15) is 18.8 Å². The molecule has 8 rings (SSSR count). The average Bonchev–Trinajstić information content (AvgIpc) is 3.61. The number of rotatable bonds is 4. The van der Waals surface area contributed by atoms with Gasteiger partial charge in [0, 0.05) is 38.7 Å². The SMILES string of the molecule is CC(C)[C@@H](OC(=O)N1CCC1)C1CCC2C(CC3C4CCC5C(C)(C)[C@@H](OC(=O)N6CCNC(=O)C6)CCC56CC46CCC23C)O1.CO. The van der Waals surface area contributed by atoms with Gasteiger partial charge in [0.15, 0.2) is 0 Å². The predicted molar refractivity (Wildman–Crippen MR) is 180 cm³/mol. The molecule has 270 valence electrons. The molecule has 10 nitrogen and oxygen atoms in total. The summed E-state index contributed by atoms with van der Waals surface area (Å²) in [6.07, 6.45) is 12.4. The number of carbonyl (C=O) groups excluding carboxylic acids is 3. The van der Waals surface area contributed by atoms with Crippen molar-refractivity contribution in [2.45, 2.75) is 130 Å². The van der Waals surface area contributed by atoms with Crippen molar-refractivity contribution < 1.29 is 33.7 Å². The van der Waals surface area contributed by atoms with Crippen LogP contribution in [0.1, 0.15) is 105 Å². The second kappa shape index (κ2) is 12.3. The fourth-order valence-electron chi connectivity index (χ4n) is 13.0. The molecule has 0 radical (unpaired) electrons. The third kappa shape index (κ3) is 5.11. The van der Waals surface area contributed by atoms with Crippen LogP contribution in [-0.4, -0.2) is 97.2 Å². The minimum atomic E-state index is -0.321. The third-order valence-corrected chi connectivity index (χ3v) is 15.5. The summed E-state index contributed by atoms with van der Waals surface area (Å²) in [5.41, 5.74) is 1.05. The van der Waals surface area contributed by atoms with Gasteiger partial charge in [-0.3, -0.25) is 9.69 Å². The Kier molecular flexibility index (Phi) is 8.82. The summed E-state index contributed by atoms with van der Waals surface area (Å²) in [7, 11) is 1.00. The maximum atomic E-state index is 13.1. The zero-order valence-corrected chi connectivity index (χ0v) is 30.3. The maximum Gasteiger partial charge on any atom is 0.410 e. The smallest absolute Gasteiger partial charge is 0.410 e. The van der Waals surface area contributed by atoms with Crippen molar-refractivity contribution in [2.75, 3.05) is 39.8 Å². The minimum Gasteiger partial charge on any atom is -0.446 e. The van der Waals surface area contributed by atoms with E-state index in [0.29, 0.717) is 47.1 Å². The number of amides is 3. The Labute approximate surface area is 287 Å². The summed E-state index contributed by atoms with van der Waals surface area (Å²) < 4.78 is 19.4. The highest BCUT2D eigenvalue weighted by molar-refractivity contribution is 5.83. The second-order valence-electron chi connectivity index (χ2n) is 17.9. The van der Waals surface area contributed by atoms with E-state index in [0.717, 1.165) is 58.2 Å². The maximum absolute atomic E-state index is 13.1. The van der Waals surface area contributed by atoms with Crippen LogP contribution in [-0.2, 0) is 19.0 Å². The predicted octanol–water partition coefficient (Wildman–Crippen LogP) is 5.61. The highest BCUT2D eigenvalue weighted by Crippen LogP contribution is 2.87. The van der Waals surface area contributed by atoms with E-state index in [-0.39, 0.29) is 60.4 Å². The van der Waals surface area contributed by atoms with Gasteiger partial charge in [0.05, 0.1) is 12.2 Å². The largest absolute Gasteiger partial charge is 0.446 e. The molecule has 0 aromatic carbocycles. The fraction of sp³-hybridized carbons (Fsp3) is 0.921. The van der Waals surface area contributed by atoms with Crippen molar-refractivity contribution in [1.82, 2.24) is 15.1 Å². The van der Waals surface area contributed by atoms with Gasteiger partial charge >= 0.3 is 12.2 Å². The van der Waals surface area contributed by atoms with E-state index in [4.69, 9.17) is 19.3 Å². The normalized spacial score (nSPS) is 44.2. The van der Waals surface area contributed by atoms with Crippen LogP contribution in [0.2, 0.25) is 0 Å². The Bertz CT molecular complexity index is 1270. The number of aliphatic hydroxyl groups excluding tert-OH is 1. The number of fused-ring (bicyclic) bond motifs is 4. The lowest BCUT2D eigenvalue weighted by Crippen LogP contribution is -2.56. The number of ether oxygens (including phenoxy) is 3. The number of nitrogens with zero attached hydrogens (tertiary/aromatic N) is 2. The van der Waals surface area contributed by atoms with Gasteiger partial charge in [-0.05, 0) is 116 Å². The molecule has 5 saturated carbocycles. The Morgan fingerprint density at radius 2 is 1.65 bits per heavy atom. The molecular weight excluding hydrogens is 610 g/mol. The topological polar surface area (TPSA) is 118 Å². The third-order valence-electron chi connectivity index (χ3n) is 15.5. The highest BCUT2D eigenvalue weighted by Gasteiger charge is 2.81. The van der Waals surface area contributed by atoms with Gasteiger partial charge < -0.3 is 29.5 Å². The Balaban J connectivity index is 0.00000179. The number of hydrogen-bond donors (Lipinski definition) is 2. The van der Waals surface area contributed by atoms with Gasteiger partial charge in [0.25, 0.3) is 0 Å². The van der Waals surface area contributed by atoms with Gasteiger partial charge in [-0.1, -0.05) is 34.6 Å². The zero-order valence-electron chi connectivity index (χ0n) is 30.3. The number of aliphatic hydroxyl groups is 1. The van der Waals surface area contributed by atoms with Gasteiger partial charge in [-0.15, -0.1) is 0 Å². The highest BCUT2D eigenvalue weighted by atomic mass is 16.6. The van der Waals surface area contributed by atoms with Crippen LogP contribution in [0, 0.1) is 51.2 Å². The van der Waals surface area contributed by atoms with Crippen molar-refractivity contribution >= 4 is 18.1 Å². The van der Waals surface area contributed by atoms with E-state index in [1.54, 1.807) is 4.90 Å². The van der Waals surface area contributed by atoms with E-state index in [1.165, 1.54) is 38.5 Å². The number of nitrogens with one attached hydrogen (secondary N) is 1. The van der Waals surface area contributed by atoms with Crippen molar-refractivity contribution in [1.29, 1.82) is 0 Å². The molecule has 2 N–H and O–H groups in total. The molecule has 9 unspecified atom stereocenters. The van der Waals surface area contributed by atoms with E-state index in [9.17, 15) is 14.4 Å². The van der Waals surface area contributed by atoms with Crippen LogP contribution < -0.4 is 5.32 Å². The first-order valence-electron chi connectivity index (χ1n) is 19.2. The first kappa shape index (κ1) is 34.4.